The molecule has 0 spiro atoms. The van der Waals surface area contributed by atoms with Gasteiger partial charge in [-0.25, -0.2) is 9.97 Å². The van der Waals surface area contributed by atoms with Gasteiger partial charge in [0, 0.05) is 19.3 Å². The van der Waals surface area contributed by atoms with Crippen molar-refractivity contribution in [2.75, 3.05) is 6.54 Å². The van der Waals surface area contributed by atoms with Crippen LogP contribution < -0.4 is 0 Å². The molecule has 0 bridgehead atoms. The highest BCUT2D eigenvalue weighted by atomic mass is 32.1. The van der Waals surface area contributed by atoms with E-state index in [1.807, 2.05) is 23.7 Å². The lowest BCUT2D eigenvalue weighted by molar-refractivity contribution is 0.155. The monoisotopic (exact) mass is 313 g/mol. The zero-order valence-corrected chi connectivity index (χ0v) is 13.0. The van der Waals surface area contributed by atoms with Gasteiger partial charge in [0.15, 0.2) is 0 Å². The van der Waals surface area contributed by atoms with Crippen LogP contribution >= 0.6 is 11.3 Å². The van der Waals surface area contributed by atoms with Crippen molar-refractivity contribution in [3.63, 3.8) is 0 Å². The first-order valence-corrected chi connectivity index (χ1v) is 8.08. The fraction of sp³-hybridized carbons (Fsp3) is 0.333. The van der Waals surface area contributed by atoms with Crippen molar-refractivity contribution in [3.05, 3.63) is 47.2 Å². The van der Waals surface area contributed by atoms with E-state index in [-0.39, 0.29) is 6.04 Å². The van der Waals surface area contributed by atoms with Crippen LogP contribution in [0.5, 0.6) is 0 Å². The maximum atomic E-state index is 5.46. The molecule has 0 aliphatic carbocycles. The Bertz CT molecular complexity index is 770. The molecule has 0 fully saturated rings. The minimum absolute atomic E-state index is 0.0735. The van der Waals surface area contributed by atoms with Crippen molar-refractivity contribution in [2.45, 2.75) is 25.9 Å². The van der Waals surface area contributed by atoms with Crippen LogP contribution in [-0.4, -0.2) is 31.6 Å². The molecule has 4 rings (SSSR count). The number of nitrogens with zero attached hydrogens (tertiary/aromatic N) is 5. The summed E-state index contributed by atoms with van der Waals surface area (Å²) in [4.78, 5) is 16.3. The van der Waals surface area contributed by atoms with Gasteiger partial charge < -0.3 is 4.52 Å². The molecule has 1 atom stereocenters. The molecule has 0 N–H and O–H groups in total. The van der Waals surface area contributed by atoms with Gasteiger partial charge in [-0.15, -0.1) is 11.3 Å². The molecule has 1 aliphatic rings. The minimum Gasteiger partial charge on any atom is -0.337 e. The number of hydrogen-bond donors (Lipinski definition) is 0. The topological polar surface area (TPSA) is 67.9 Å². The average Bonchev–Trinajstić information content (AvgIpc) is 3.24. The maximum absolute atomic E-state index is 5.46. The van der Waals surface area contributed by atoms with Gasteiger partial charge in [-0.05, 0) is 30.4 Å². The Hall–Kier alpha value is -2.12. The molecule has 6 nitrogen and oxygen atoms in total. The largest absolute Gasteiger partial charge is 0.337 e. The van der Waals surface area contributed by atoms with Gasteiger partial charge in [0.05, 0.1) is 16.6 Å². The summed E-state index contributed by atoms with van der Waals surface area (Å²) in [5.41, 5.74) is 2.32. The minimum atomic E-state index is 0.0735. The number of aromatic nitrogens is 4. The molecule has 0 saturated heterocycles. The van der Waals surface area contributed by atoms with Crippen LogP contribution in [0.15, 0.2) is 34.6 Å². The fourth-order valence-electron chi connectivity index (χ4n) is 2.67. The second-order valence-corrected chi connectivity index (χ2v) is 6.27. The Morgan fingerprint density at radius 1 is 1.41 bits per heavy atom. The highest BCUT2D eigenvalue weighted by Crippen LogP contribution is 2.28. The van der Waals surface area contributed by atoms with Gasteiger partial charge >= 0.3 is 0 Å². The average molecular weight is 313 g/mol. The van der Waals surface area contributed by atoms with E-state index in [1.54, 1.807) is 17.7 Å². The maximum Gasteiger partial charge on any atom is 0.244 e. The molecule has 0 amide bonds. The predicted molar refractivity (Wildman–Crippen MR) is 82.2 cm³/mol. The smallest absolute Gasteiger partial charge is 0.244 e. The molecule has 1 aliphatic heterocycles. The zero-order valence-electron chi connectivity index (χ0n) is 12.1. The summed E-state index contributed by atoms with van der Waals surface area (Å²) in [6.45, 7) is 3.83. The van der Waals surface area contributed by atoms with Crippen LogP contribution in [0.2, 0.25) is 0 Å². The van der Waals surface area contributed by atoms with Crippen LogP contribution in [0.25, 0.3) is 10.7 Å². The molecule has 1 unspecified atom stereocenters. The molecule has 4 heterocycles. The van der Waals surface area contributed by atoms with E-state index in [1.165, 1.54) is 5.56 Å². The number of rotatable bonds is 3. The molecule has 0 radical (unpaired) electrons. The Kier molecular flexibility index (Phi) is 3.44. The Labute approximate surface area is 131 Å². The van der Waals surface area contributed by atoms with Crippen molar-refractivity contribution in [1.82, 2.24) is 25.0 Å². The summed E-state index contributed by atoms with van der Waals surface area (Å²) < 4.78 is 5.46. The molecule has 0 saturated carbocycles. The zero-order chi connectivity index (χ0) is 14.9. The first-order chi connectivity index (χ1) is 10.8. The summed E-state index contributed by atoms with van der Waals surface area (Å²) in [6, 6.07) is 4.06. The standard InChI is InChI=1S/C15H15N5OS/c1-10(15-18-14(19-21-15)13-3-2-6-22-13)20-5-4-11-7-16-9-17-12(11)8-20/h2-3,6-7,9-10H,4-5,8H2,1H3. The van der Waals surface area contributed by atoms with Gasteiger partial charge in [0.25, 0.3) is 0 Å². The molecule has 22 heavy (non-hydrogen) atoms. The highest BCUT2D eigenvalue weighted by Gasteiger charge is 2.26. The van der Waals surface area contributed by atoms with E-state index < -0.39 is 0 Å². The van der Waals surface area contributed by atoms with Gasteiger partial charge in [-0.2, -0.15) is 4.98 Å². The van der Waals surface area contributed by atoms with Crippen molar-refractivity contribution >= 4 is 11.3 Å². The highest BCUT2D eigenvalue weighted by molar-refractivity contribution is 7.13. The molecule has 112 valence electrons. The Balaban J connectivity index is 1.54. The Morgan fingerprint density at radius 2 is 2.36 bits per heavy atom. The molecule has 7 heteroatoms. The number of hydrogen-bond acceptors (Lipinski definition) is 7. The van der Waals surface area contributed by atoms with Crippen LogP contribution in [0.3, 0.4) is 0 Å². The second-order valence-electron chi connectivity index (χ2n) is 5.32. The summed E-state index contributed by atoms with van der Waals surface area (Å²) in [7, 11) is 0. The second kappa shape index (κ2) is 5.58. The molecular formula is C15H15N5OS. The quantitative estimate of drug-likeness (QED) is 0.740. The van der Waals surface area contributed by atoms with E-state index in [9.17, 15) is 0 Å². The van der Waals surface area contributed by atoms with Gasteiger partial charge in [0.1, 0.15) is 6.33 Å². The third kappa shape index (κ3) is 2.42. The molecule has 3 aromatic rings. The normalized spacial score (nSPS) is 16.4. The van der Waals surface area contributed by atoms with Gasteiger partial charge in [-0.1, -0.05) is 11.2 Å². The lowest BCUT2D eigenvalue weighted by Gasteiger charge is -2.30. The Morgan fingerprint density at radius 3 is 3.23 bits per heavy atom. The van der Waals surface area contributed by atoms with Crippen molar-refractivity contribution in [3.8, 4) is 10.7 Å². The van der Waals surface area contributed by atoms with E-state index in [0.717, 1.165) is 30.1 Å². The molecular weight excluding hydrogens is 298 g/mol. The van der Waals surface area contributed by atoms with Crippen LogP contribution in [0.4, 0.5) is 0 Å². The number of fused-ring (bicyclic) bond motifs is 1. The fourth-order valence-corrected chi connectivity index (χ4v) is 3.32. The van der Waals surface area contributed by atoms with E-state index in [0.29, 0.717) is 11.7 Å². The third-order valence-electron chi connectivity index (χ3n) is 3.99. The SMILES string of the molecule is CC(c1nc(-c2cccs2)no1)N1CCc2cncnc2C1. The molecule has 0 aromatic carbocycles. The van der Waals surface area contributed by atoms with Crippen LogP contribution in [0, 0.1) is 0 Å². The number of thiophene rings is 1. The lowest BCUT2D eigenvalue weighted by Crippen LogP contribution is -2.33. The van der Waals surface area contributed by atoms with E-state index in [2.05, 4.69) is 31.9 Å². The van der Waals surface area contributed by atoms with Crippen LogP contribution in [-0.2, 0) is 13.0 Å². The third-order valence-corrected chi connectivity index (χ3v) is 4.86. The summed E-state index contributed by atoms with van der Waals surface area (Å²) in [6.07, 6.45) is 4.47. The summed E-state index contributed by atoms with van der Waals surface area (Å²) in [5, 5.41) is 6.10. The van der Waals surface area contributed by atoms with Gasteiger partial charge in [-0.3, -0.25) is 4.90 Å². The van der Waals surface area contributed by atoms with Crippen molar-refractivity contribution in [1.29, 1.82) is 0 Å². The van der Waals surface area contributed by atoms with Gasteiger partial charge in [0.2, 0.25) is 11.7 Å². The van der Waals surface area contributed by atoms with Crippen molar-refractivity contribution < 1.29 is 4.52 Å². The molecule has 3 aromatic heterocycles. The predicted octanol–water partition coefficient (Wildman–Crippen LogP) is 2.71. The van der Waals surface area contributed by atoms with E-state index >= 15 is 0 Å². The van der Waals surface area contributed by atoms with Crippen LogP contribution in [0.1, 0.15) is 30.1 Å². The summed E-state index contributed by atoms with van der Waals surface area (Å²) >= 11 is 1.61. The van der Waals surface area contributed by atoms with Crippen molar-refractivity contribution in [2.24, 2.45) is 0 Å². The lowest BCUT2D eigenvalue weighted by atomic mass is 10.1. The summed E-state index contributed by atoms with van der Waals surface area (Å²) in [5.74, 6) is 1.32. The first-order valence-electron chi connectivity index (χ1n) is 7.20. The first kappa shape index (κ1) is 13.5. The van der Waals surface area contributed by atoms with E-state index in [4.69, 9.17) is 4.52 Å².